The molecule has 4 nitrogen and oxygen atoms in total. The van der Waals surface area contributed by atoms with Crippen molar-refractivity contribution >= 4 is 5.91 Å². The molecular formula is C21H26N2O2. The molecule has 0 aromatic heterocycles. The Labute approximate surface area is 149 Å². The molecule has 1 saturated carbocycles. The van der Waals surface area contributed by atoms with Crippen molar-refractivity contribution in [3.63, 3.8) is 0 Å². The Morgan fingerprint density at radius 3 is 2.44 bits per heavy atom. The highest BCUT2D eigenvalue weighted by molar-refractivity contribution is 5.79. The van der Waals surface area contributed by atoms with Crippen molar-refractivity contribution < 1.29 is 9.53 Å². The number of benzene rings is 2. The highest BCUT2D eigenvalue weighted by atomic mass is 16.5. The number of carbonyl (C=O) groups excluding carboxylic acids is 1. The summed E-state index contributed by atoms with van der Waals surface area (Å²) in [4.78, 5) is 12.7. The second kappa shape index (κ2) is 8.67. The van der Waals surface area contributed by atoms with Gasteiger partial charge in [0.1, 0.15) is 12.4 Å². The lowest BCUT2D eigenvalue weighted by atomic mass is 9.85. The predicted octanol–water partition coefficient (Wildman–Crippen LogP) is 3.44. The number of nitrogens with two attached hydrogens (primary N) is 1. The zero-order valence-corrected chi connectivity index (χ0v) is 14.4. The van der Waals surface area contributed by atoms with E-state index in [0.717, 1.165) is 37.0 Å². The highest BCUT2D eigenvalue weighted by Crippen LogP contribution is 2.25. The topological polar surface area (TPSA) is 64.4 Å². The second-order valence-corrected chi connectivity index (χ2v) is 6.72. The van der Waals surface area contributed by atoms with Gasteiger partial charge in [-0.2, -0.15) is 0 Å². The molecule has 3 N–H and O–H groups in total. The molecule has 0 radical (unpaired) electrons. The zero-order valence-electron chi connectivity index (χ0n) is 14.4. The minimum absolute atomic E-state index is 0.00619. The largest absolute Gasteiger partial charge is 0.491 e. The molecule has 1 aliphatic carbocycles. The third kappa shape index (κ3) is 5.07. The minimum atomic E-state index is -0.174. The van der Waals surface area contributed by atoms with Crippen molar-refractivity contribution in [2.45, 2.75) is 37.8 Å². The summed E-state index contributed by atoms with van der Waals surface area (Å²) in [7, 11) is 0. The van der Waals surface area contributed by atoms with Crippen LogP contribution in [0.2, 0.25) is 0 Å². The molecule has 0 bridgehead atoms. The summed E-state index contributed by atoms with van der Waals surface area (Å²) in [6.45, 7) is 0.401. The summed E-state index contributed by atoms with van der Waals surface area (Å²) in [5, 5.41) is 3.17. The van der Waals surface area contributed by atoms with E-state index >= 15 is 0 Å². The Morgan fingerprint density at radius 2 is 1.76 bits per heavy atom. The molecule has 3 unspecified atom stereocenters. The number of amides is 1. The van der Waals surface area contributed by atoms with Gasteiger partial charge < -0.3 is 15.8 Å². The SMILES string of the molecule is NC1CCCC(C(=O)NC(COc2ccccc2)c2ccccc2)C1. The normalized spacial score (nSPS) is 21.3. The van der Waals surface area contributed by atoms with Crippen molar-refractivity contribution in [1.29, 1.82) is 0 Å². The maximum atomic E-state index is 12.7. The molecule has 0 aliphatic heterocycles. The van der Waals surface area contributed by atoms with Crippen LogP contribution in [-0.2, 0) is 4.79 Å². The van der Waals surface area contributed by atoms with E-state index in [-0.39, 0.29) is 23.9 Å². The summed E-state index contributed by atoms with van der Waals surface area (Å²) in [6, 6.07) is 19.6. The molecule has 0 heterocycles. The fourth-order valence-corrected chi connectivity index (χ4v) is 3.36. The Bertz CT molecular complexity index is 660. The molecule has 1 aliphatic rings. The van der Waals surface area contributed by atoms with Crippen LogP contribution in [0.5, 0.6) is 5.75 Å². The van der Waals surface area contributed by atoms with E-state index < -0.39 is 0 Å². The summed E-state index contributed by atoms with van der Waals surface area (Å²) < 4.78 is 5.89. The van der Waals surface area contributed by atoms with E-state index in [9.17, 15) is 4.79 Å². The zero-order chi connectivity index (χ0) is 17.5. The van der Waals surface area contributed by atoms with Crippen LogP contribution >= 0.6 is 0 Å². The van der Waals surface area contributed by atoms with Crippen LogP contribution < -0.4 is 15.8 Å². The number of ether oxygens (including phenoxy) is 1. The van der Waals surface area contributed by atoms with Crippen LogP contribution in [0.1, 0.15) is 37.3 Å². The summed E-state index contributed by atoms with van der Waals surface area (Å²) >= 11 is 0. The molecule has 0 spiro atoms. The van der Waals surface area contributed by atoms with Crippen LogP contribution in [0.4, 0.5) is 0 Å². The first-order valence-electron chi connectivity index (χ1n) is 9.01. The van der Waals surface area contributed by atoms with Crippen molar-refractivity contribution in [2.75, 3.05) is 6.61 Å². The van der Waals surface area contributed by atoms with Gasteiger partial charge in [0, 0.05) is 12.0 Å². The van der Waals surface area contributed by atoms with Crippen LogP contribution in [0, 0.1) is 5.92 Å². The van der Waals surface area contributed by atoms with Gasteiger partial charge in [0.15, 0.2) is 0 Å². The molecular weight excluding hydrogens is 312 g/mol. The second-order valence-electron chi connectivity index (χ2n) is 6.72. The lowest BCUT2D eigenvalue weighted by molar-refractivity contribution is -0.127. The molecule has 3 rings (SSSR count). The number of para-hydroxylation sites is 1. The Morgan fingerprint density at radius 1 is 1.08 bits per heavy atom. The van der Waals surface area contributed by atoms with Gasteiger partial charge in [-0.1, -0.05) is 55.0 Å². The Hall–Kier alpha value is -2.33. The van der Waals surface area contributed by atoms with Crippen LogP contribution in [0.25, 0.3) is 0 Å². The molecule has 1 fully saturated rings. The smallest absolute Gasteiger partial charge is 0.223 e. The third-order valence-electron chi connectivity index (χ3n) is 4.76. The van der Waals surface area contributed by atoms with Crippen LogP contribution in [-0.4, -0.2) is 18.6 Å². The fourth-order valence-electron chi connectivity index (χ4n) is 3.36. The van der Waals surface area contributed by atoms with E-state index in [2.05, 4.69) is 5.32 Å². The number of hydrogen-bond acceptors (Lipinski definition) is 3. The van der Waals surface area contributed by atoms with Gasteiger partial charge in [-0.3, -0.25) is 4.79 Å². The average Bonchev–Trinajstić information content (AvgIpc) is 2.66. The molecule has 2 aromatic carbocycles. The number of carbonyl (C=O) groups is 1. The van der Waals surface area contributed by atoms with Crippen LogP contribution in [0.3, 0.4) is 0 Å². The first-order valence-corrected chi connectivity index (χ1v) is 9.01. The van der Waals surface area contributed by atoms with E-state index in [4.69, 9.17) is 10.5 Å². The van der Waals surface area contributed by atoms with E-state index in [0.29, 0.717) is 6.61 Å². The Balaban J connectivity index is 1.67. The standard InChI is InChI=1S/C21H26N2O2/c22-18-11-7-10-17(14-18)21(24)23-20(16-8-3-1-4-9-16)15-25-19-12-5-2-6-13-19/h1-6,8-9,12-13,17-18,20H,7,10-11,14-15,22H2,(H,23,24). The van der Waals surface area contributed by atoms with Crippen molar-refractivity contribution in [1.82, 2.24) is 5.32 Å². The van der Waals surface area contributed by atoms with Gasteiger partial charge in [0.05, 0.1) is 6.04 Å². The lowest BCUT2D eigenvalue weighted by Gasteiger charge is -2.28. The first kappa shape index (κ1) is 17.5. The van der Waals surface area contributed by atoms with Crippen LogP contribution in [0.15, 0.2) is 60.7 Å². The predicted molar refractivity (Wildman–Crippen MR) is 99.2 cm³/mol. The van der Waals surface area contributed by atoms with E-state index in [1.807, 2.05) is 60.7 Å². The molecule has 0 saturated heterocycles. The van der Waals surface area contributed by atoms with Gasteiger partial charge >= 0.3 is 0 Å². The monoisotopic (exact) mass is 338 g/mol. The van der Waals surface area contributed by atoms with Crippen molar-refractivity contribution in [3.8, 4) is 5.75 Å². The van der Waals surface area contributed by atoms with Crippen molar-refractivity contribution in [2.24, 2.45) is 11.7 Å². The summed E-state index contributed by atoms with van der Waals surface area (Å²) in [5.41, 5.74) is 7.08. The van der Waals surface area contributed by atoms with Crippen molar-refractivity contribution in [3.05, 3.63) is 66.2 Å². The third-order valence-corrected chi connectivity index (χ3v) is 4.76. The lowest BCUT2D eigenvalue weighted by Crippen LogP contribution is -2.40. The summed E-state index contributed by atoms with van der Waals surface area (Å²) in [5.74, 6) is 0.893. The molecule has 1 amide bonds. The fraction of sp³-hybridized carbons (Fsp3) is 0.381. The van der Waals surface area contributed by atoms with Gasteiger partial charge in [-0.05, 0) is 37.0 Å². The van der Waals surface area contributed by atoms with Gasteiger partial charge in [0.2, 0.25) is 5.91 Å². The molecule has 3 atom stereocenters. The number of rotatable bonds is 6. The molecule has 25 heavy (non-hydrogen) atoms. The maximum absolute atomic E-state index is 12.7. The Kier molecular flexibility index (Phi) is 6.07. The van der Waals surface area contributed by atoms with E-state index in [1.54, 1.807) is 0 Å². The first-order chi connectivity index (χ1) is 12.2. The van der Waals surface area contributed by atoms with Gasteiger partial charge in [0.25, 0.3) is 0 Å². The number of nitrogens with one attached hydrogen (secondary N) is 1. The van der Waals surface area contributed by atoms with Gasteiger partial charge in [-0.15, -0.1) is 0 Å². The minimum Gasteiger partial charge on any atom is -0.491 e. The quantitative estimate of drug-likeness (QED) is 0.848. The molecule has 132 valence electrons. The van der Waals surface area contributed by atoms with Gasteiger partial charge in [-0.25, -0.2) is 0 Å². The number of hydrogen-bond donors (Lipinski definition) is 2. The molecule has 4 heteroatoms. The van der Waals surface area contributed by atoms with E-state index in [1.165, 1.54) is 0 Å². The maximum Gasteiger partial charge on any atom is 0.223 e. The molecule has 2 aromatic rings. The summed E-state index contributed by atoms with van der Waals surface area (Å²) in [6.07, 6.45) is 3.73. The average molecular weight is 338 g/mol. The highest BCUT2D eigenvalue weighted by Gasteiger charge is 2.27.